The molecule has 0 bridgehead atoms. The maximum absolute atomic E-state index is 6.31. The Bertz CT molecular complexity index is 2510. The second-order valence-corrected chi connectivity index (χ2v) is 11.0. The molecule has 0 unspecified atom stereocenters. The minimum atomic E-state index is 0.914. The second kappa shape index (κ2) is 9.37. The molecular formula is C40H24N2O. The van der Waals surface area contributed by atoms with Crippen molar-refractivity contribution in [3.63, 3.8) is 0 Å². The van der Waals surface area contributed by atoms with E-state index in [4.69, 9.17) is 14.4 Å². The minimum absolute atomic E-state index is 0.914. The molecule has 0 amide bonds. The number of rotatable bonds is 3. The average molecular weight is 549 g/mol. The monoisotopic (exact) mass is 548 g/mol. The Morgan fingerprint density at radius 2 is 0.977 bits per heavy atom. The van der Waals surface area contributed by atoms with Gasteiger partial charge >= 0.3 is 0 Å². The maximum Gasteiger partial charge on any atom is 0.143 e. The lowest BCUT2D eigenvalue weighted by molar-refractivity contribution is 0.670. The highest BCUT2D eigenvalue weighted by Crippen LogP contribution is 2.37. The predicted octanol–water partition coefficient (Wildman–Crippen LogP) is 10.8. The van der Waals surface area contributed by atoms with Gasteiger partial charge in [-0.1, -0.05) is 115 Å². The number of furan rings is 1. The van der Waals surface area contributed by atoms with E-state index < -0.39 is 0 Å². The molecule has 0 saturated heterocycles. The molecule has 3 heterocycles. The van der Waals surface area contributed by atoms with Crippen molar-refractivity contribution >= 4 is 54.5 Å². The third-order valence-electron chi connectivity index (χ3n) is 8.44. The van der Waals surface area contributed by atoms with E-state index in [1.807, 2.05) is 30.3 Å². The SMILES string of the molecule is c1ccc(-c2ccc3ccc4ccc(-c5ccc6cc(-c7cccc8c7oc7ccccc78)ccc6c5)nc4c3n2)cc1. The summed E-state index contributed by atoms with van der Waals surface area (Å²) in [6, 6.07) is 50.8. The van der Waals surface area contributed by atoms with Gasteiger partial charge in [0, 0.05) is 38.2 Å². The zero-order valence-corrected chi connectivity index (χ0v) is 23.2. The van der Waals surface area contributed by atoms with Crippen LogP contribution in [0.5, 0.6) is 0 Å². The Hall–Kier alpha value is -5.80. The van der Waals surface area contributed by atoms with E-state index in [0.717, 1.165) is 77.4 Å². The minimum Gasteiger partial charge on any atom is -0.455 e. The fourth-order valence-electron chi connectivity index (χ4n) is 6.25. The quantitative estimate of drug-likeness (QED) is 0.206. The summed E-state index contributed by atoms with van der Waals surface area (Å²) in [5.41, 5.74) is 9.99. The lowest BCUT2D eigenvalue weighted by Gasteiger charge is -2.09. The van der Waals surface area contributed by atoms with Crippen LogP contribution in [-0.2, 0) is 0 Å². The third kappa shape index (κ3) is 3.90. The van der Waals surface area contributed by atoms with Crippen molar-refractivity contribution in [3.05, 3.63) is 146 Å². The van der Waals surface area contributed by atoms with E-state index in [9.17, 15) is 0 Å². The van der Waals surface area contributed by atoms with Gasteiger partial charge in [0.05, 0.1) is 22.4 Å². The number of fused-ring (bicyclic) bond motifs is 7. The summed E-state index contributed by atoms with van der Waals surface area (Å²) in [5.74, 6) is 0. The Morgan fingerprint density at radius 1 is 0.395 bits per heavy atom. The topological polar surface area (TPSA) is 38.9 Å². The summed E-state index contributed by atoms with van der Waals surface area (Å²) in [4.78, 5) is 10.2. The van der Waals surface area contributed by atoms with E-state index in [1.54, 1.807) is 0 Å². The van der Waals surface area contributed by atoms with Gasteiger partial charge < -0.3 is 4.42 Å². The molecule has 0 aliphatic rings. The van der Waals surface area contributed by atoms with Crippen LogP contribution in [0.4, 0.5) is 0 Å². The molecule has 9 rings (SSSR count). The molecule has 0 aliphatic carbocycles. The molecule has 0 aliphatic heterocycles. The highest BCUT2D eigenvalue weighted by Gasteiger charge is 2.13. The fraction of sp³-hybridized carbons (Fsp3) is 0. The van der Waals surface area contributed by atoms with Crippen molar-refractivity contribution in [1.29, 1.82) is 0 Å². The van der Waals surface area contributed by atoms with E-state index in [-0.39, 0.29) is 0 Å². The van der Waals surface area contributed by atoms with Gasteiger partial charge in [-0.15, -0.1) is 0 Å². The molecule has 0 saturated carbocycles. The van der Waals surface area contributed by atoms with Crippen molar-refractivity contribution in [2.45, 2.75) is 0 Å². The molecule has 0 atom stereocenters. The lowest BCUT2D eigenvalue weighted by atomic mass is 9.97. The number of aromatic nitrogens is 2. The standard InChI is InChI=1S/C40H24N2O/c1-2-7-25(8-3-1)35-21-19-26-13-14-27-20-22-36(42-39(27)38(26)41-35)31-18-16-28-23-30(17-15-29(28)24-31)32-10-6-11-34-33-9-4-5-12-37(33)43-40(32)34/h1-24H. The molecule has 3 aromatic heterocycles. The number of benzene rings is 6. The number of nitrogens with zero attached hydrogens (tertiary/aromatic N) is 2. The molecule has 3 nitrogen and oxygen atoms in total. The van der Waals surface area contributed by atoms with Crippen LogP contribution >= 0.6 is 0 Å². The first-order valence-corrected chi connectivity index (χ1v) is 14.5. The van der Waals surface area contributed by atoms with Crippen LogP contribution in [0.25, 0.3) is 88.2 Å². The molecule has 0 fully saturated rings. The van der Waals surface area contributed by atoms with Gasteiger partial charge in [0.25, 0.3) is 0 Å². The molecule has 0 spiro atoms. The van der Waals surface area contributed by atoms with Gasteiger partial charge in [0.2, 0.25) is 0 Å². The Kier molecular flexibility index (Phi) is 5.20. The maximum atomic E-state index is 6.31. The van der Waals surface area contributed by atoms with E-state index in [0.29, 0.717) is 0 Å². The van der Waals surface area contributed by atoms with Crippen molar-refractivity contribution in [2.75, 3.05) is 0 Å². The van der Waals surface area contributed by atoms with E-state index in [2.05, 4.69) is 115 Å². The number of pyridine rings is 2. The summed E-state index contributed by atoms with van der Waals surface area (Å²) < 4.78 is 6.31. The molecule has 0 radical (unpaired) electrons. The molecule has 0 N–H and O–H groups in total. The smallest absolute Gasteiger partial charge is 0.143 e. The summed E-state index contributed by atoms with van der Waals surface area (Å²) in [7, 11) is 0. The average Bonchev–Trinajstić information content (AvgIpc) is 3.47. The van der Waals surface area contributed by atoms with Gasteiger partial charge in [-0.25, -0.2) is 9.97 Å². The second-order valence-electron chi connectivity index (χ2n) is 11.0. The molecule has 200 valence electrons. The first kappa shape index (κ1) is 23.9. The highest BCUT2D eigenvalue weighted by atomic mass is 16.3. The number of para-hydroxylation sites is 2. The summed E-state index contributed by atoms with van der Waals surface area (Å²) in [6.45, 7) is 0. The van der Waals surface area contributed by atoms with E-state index in [1.165, 1.54) is 10.8 Å². The van der Waals surface area contributed by atoms with Gasteiger partial charge in [-0.05, 0) is 46.7 Å². The number of hydrogen-bond donors (Lipinski definition) is 0. The van der Waals surface area contributed by atoms with Crippen LogP contribution in [0.2, 0.25) is 0 Å². The zero-order valence-electron chi connectivity index (χ0n) is 23.2. The van der Waals surface area contributed by atoms with Crippen LogP contribution in [0.3, 0.4) is 0 Å². The van der Waals surface area contributed by atoms with Crippen LogP contribution in [0.1, 0.15) is 0 Å². The van der Waals surface area contributed by atoms with Gasteiger partial charge in [0.15, 0.2) is 0 Å². The van der Waals surface area contributed by atoms with Crippen LogP contribution in [0.15, 0.2) is 150 Å². The van der Waals surface area contributed by atoms with Gasteiger partial charge in [0.1, 0.15) is 11.2 Å². The van der Waals surface area contributed by atoms with Crippen LogP contribution < -0.4 is 0 Å². The van der Waals surface area contributed by atoms with Gasteiger partial charge in [-0.2, -0.15) is 0 Å². The zero-order chi connectivity index (χ0) is 28.3. The summed E-state index contributed by atoms with van der Waals surface area (Å²) in [6.07, 6.45) is 0. The van der Waals surface area contributed by atoms with Crippen molar-refractivity contribution in [3.8, 4) is 33.6 Å². The largest absolute Gasteiger partial charge is 0.455 e. The Labute approximate surface area is 247 Å². The molecule has 9 aromatic rings. The molecule has 6 aromatic carbocycles. The fourth-order valence-corrected chi connectivity index (χ4v) is 6.25. The highest BCUT2D eigenvalue weighted by molar-refractivity contribution is 6.10. The first-order chi connectivity index (χ1) is 21.3. The van der Waals surface area contributed by atoms with Crippen molar-refractivity contribution < 1.29 is 4.42 Å². The summed E-state index contributed by atoms with van der Waals surface area (Å²) >= 11 is 0. The van der Waals surface area contributed by atoms with Gasteiger partial charge in [-0.3, -0.25) is 0 Å². The van der Waals surface area contributed by atoms with Crippen molar-refractivity contribution in [1.82, 2.24) is 9.97 Å². The van der Waals surface area contributed by atoms with E-state index >= 15 is 0 Å². The Morgan fingerprint density at radius 3 is 1.74 bits per heavy atom. The Balaban J connectivity index is 1.14. The van der Waals surface area contributed by atoms with Crippen LogP contribution in [-0.4, -0.2) is 9.97 Å². The molecule has 43 heavy (non-hydrogen) atoms. The normalized spacial score (nSPS) is 11.7. The summed E-state index contributed by atoms with van der Waals surface area (Å²) in [5, 5.41) is 6.80. The lowest BCUT2D eigenvalue weighted by Crippen LogP contribution is -1.91. The first-order valence-electron chi connectivity index (χ1n) is 14.5. The van der Waals surface area contributed by atoms with Crippen LogP contribution in [0, 0.1) is 0 Å². The number of hydrogen-bond acceptors (Lipinski definition) is 3. The molecular weight excluding hydrogens is 524 g/mol. The molecule has 3 heteroatoms. The third-order valence-corrected chi connectivity index (χ3v) is 8.44. The van der Waals surface area contributed by atoms with Crippen molar-refractivity contribution in [2.24, 2.45) is 0 Å². The predicted molar refractivity (Wildman–Crippen MR) is 178 cm³/mol.